The van der Waals surface area contributed by atoms with Gasteiger partial charge in [0, 0.05) is 18.6 Å². The van der Waals surface area contributed by atoms with E-state index in [0.29, 0.717) is 18.0 Å². The fourth-order valence-electron chi connectivity index (χ4n) is 2.74. The molecule has 0 heterocycles. The number of hydrogen-bond donors (Lipinski definition) is 1. The van der Waals surface area contributed by atoms with Crippen LogP contribution in [0, 0.1) is 0 Å². The molecule has 0 aliphatic rings. The average Bonchev–Trinajstić information content (AvgIpc) is 2.64. The minimum absolute atomic E-state index is 0.0818. The Balaban J connectivity index is 2.23. The van der Waals surface area contributed by atoms with Crippen molar-refractivity contribution in [2.75, 3.05) is 7.05 Å². The van der Waals surface area contributed by atoms with Crippen molar-refractivity contribution >= 4 is 23.4 Å². The molecule has 0 aromatic heterocycles. The summed E-state index contributed by atoms with van der Waals surface area (Å²) < 4.78 is 0. The molecule has 0 fully saturated rings. The Morgan fingerprint density at radius 2 is 1.68 bits per heavy atom. The van der Waals surface area contributed by atoms with E-state index in [1.807, 2.05) is 49.4 Å². The van der Waals surface area contributed by atoms with Gasteiger partial charge in [-0.25, -0.2) is 0 Å². The minimum atomic E-state index is -0.495. The van der Waals surface area contributed by atoms with E-state index in [9.17, 15) is 9.59 Å². The predicted molar refractivity (Wildman–Crippen MR) is 100 cm³/mol. The number of carbonyl (C=O) groups excluding carboxylic acids is 2. The fraction of sp³-hybridized carbons (Fsp3) is 0.300. The molecule has 0 radical (unpaired) electrons. The van der Waals surface area contributed by atoms with Gasteiger partial charge in [-0.3, -0.25) is 9.59 Å². The summed E-state index contributed by atoms with van der Waals surface area (Å²) in [6, 6.07) is 16.4. The molecular weight excluding hydrogens is 336 g/mol. The molecule has 0 bridgehead atoms. The molecule has 2 amide bonds. The summed E-state index contributed by atoms with van der Waals surface area (Å²) >= 11 is 5.90. The van der Waals surface area contributed by atoms with Crippen molar-refractivity contribution in [2.45, 2.75) is 32.4 Å². The van der Waals surface area contributed by atoms with Gasteiger partial charge >= 0.3 is 0 Å². The smallest absolute Gasteiger partial charge is 0.242 e. The summed E-state index contributed by atoms with van der Waals surface area (Å²) in [7, 11) is 1.59. The first-order chi connectivity index (χ1) is 12.0. The molecule has 5 heteroatoms. The van der Waals surface area contributed by atoms with Gasteiger partial charge in [-0.05, 0) is 29.7 Å². The zero-order valence-electron chi connectivity index (χ0n) is 14.5. The number of rotatable bonds is 7. The van der Waals surface area contributed by atoms with E-state index in [4.69, 9.17) is 11.6 Å². The van der Waals surface area contributed by atoms with Gasteiger partial charge in [-0.2, -0.15) is 0 Å². The molecule has 25 heavy (non-hydrogen) atoms. The monoisotopic (exact) mass is 358 g/mol. The Morgan fingerprint density at radius 1 is 1.04 bits per heavy atom. The average molecular weight is 359 g/mol. The highest BCUT2D eigenvalue weighted by atomic mass is 35.5. The van der Waals surface area contributed by atoms with E-state index in [-0.39, 0.29) is 18.2 Å². The lowest BCUT2D eigenvalue weighted by Crippen LogP contribution is -2.48. The van der Waals surface area contributed by atoms with E-state index < -0.39 is 6.04 Å². The molecule has 132 valence electrons. The van der Waals surface area contributed by atoms with Gasteiger partial charge in [0.05, 0.1) is 6.42 Å². The van der Waals surface area contributed by atoms with Crippen molar-refractivity contribution in [3.63, 3.8) is 0 Å². The van der Waals surface area contributed by atoms with Gasteiger partial charge in [0.25, 0.3) is 0 Å². The molecule has 0 spiro atoms. The van der Waals surface area contributed by atoms with Gasteiger partial charge in [0.2, 0.25) is 11.8 Å². The lowest BCUT2D eigenvalue weighted by atomic mass is 10.1. The first-order valence-corrected chi connectivity index (χ1v) is 8.72. The Labute approximate surface area is 153 Å². The maximum atomic E-state index is 12.9. The third-order valence-electron chi connectivity index (χ3n) is 4.10. The lowest BCUT2D eigenvalue weighted by Gasteiger charge is -2.30. The summed E-state index contributed by atoms with van der Waals surface area (Å²) in [5.74, 6) is -0.232. The second-order valence-corrected chi connectivity index (χ2v) is 6.29. The maximum Gasteiger partial charge on any atom is 0.242 e. The van der Waals surface area contributed by atoms with Gasteiger partial charge in [0.15, 0.2) is 0 Å². The van der Waals surface area contributed by atoms with Crippen molar-refractivity contribution in [1.29, 1.82) is 0 Å². The van der Waals surface area contributed by atoms with Crippen LogP contribution >= 0.6 is 11.6 Å². The van der Waals surface area contributed by atoms with E-state index in [1.54, 1.807) is 24.1 Å². The van der Waals surface area contributed by atoms with Gasteiger partial charge in [0.1, 0.15) is 6.04 Å². The van der Waals surface area contributed by atoms with E-state index in [0.717, 1.165) is 11.1 Å². The van der Waals surface area contributed by atoms with E-state index in [1.165, 1.54) is 0 Å². The molecule has 1 N–H and O–H groups in total. The van der Waals surface area contributed by atoms with E-state index >= 15 is 0 Å². The number of benzene rings is 2. The van der Waals surface area contributed by atoms with Crippen LogP contribution in [0.2, 0.25) is 5.02 Å². The second-order valence-electron chi connectivity index (χ2n) is 5.85. The van der Waals surface area contributed by atoms with E-state index in [2.05, 4.69) is 5.32 Å². The number of halogens is 1. The zero-order valence-corrected chi connectivity index (χ0v) is 15.3. The number of carbonyl (C=O) groups is 2. The lowest BCUT2D eigenvalue weighted by molar-refractivity contribution is -0.140. The number of nitrogens with one attached hydrogen (secondary N) is 1. The predicted octanol–water partition coefficient (Wildman–Crippen LogP) is 3.44. The molecule has 4 nitrogen and oxygen atoms in total. The Kier molecular flexibility index (Phi) is 7.02. The molecule has 0 aliphatic heterocycles. The number of likely N-dealkylation sites (N-methyl/N-ethyl adjacent to an activating group) is 1. The molecule has 0 aliphatic carbocycles. The largest absolute Gasteiger partial charge is 0.357 e. The molecule has 0 saturated carbocycles. The second kappa shape index (κ2) is 9.23. The highest BCUT2D eigenvalue weighted by Gasteiger charge is 2.27. The summed E-state index contributed by atoms with van der Waals surface area (Å²) in [5.41, 5.74) is 1.87. The third kappa shape index (κ3) is 5.33. The first-order valence-electron chi connectivity index (χ1n) is 8.34. The zero-order chi connectivity index (χ0) is 18.2. The van der Waals surface area contributed by atoms with Crippen LogP contribution < -0.4 is 5.32 Å². The maximum absolute atomic E-state index is 12.9. The van der Waals surface area contributed by atoms with Crippen molar-refractivity contribution in [2.24, 2.45) is 0 Å². The summed E-state index contributed by atoms with van der Waals surface area (Å²) in [6.07, 6.45) is 0.788. The number of amides is 2. The van der Waals surface area contributed by atoms with Crippen LogP contribution in [0.4, 0.5) is 0 Å². The Hall–Kier alpha value is -2.33. The molecule has 2 aromatic rings. The van der Waals surface area contributed by atoms with Crippen LogP contribution in [-0.2, 0) is 22.6 Å². The van der Waals surface area contributed by atoms with Gasteiger partial charge in [-0.1, -0.05) is 61.0 Å². The van der Waals surface area contributed by atoms with Crippen LogP contribution in [0.25, 0.3) is 0 Å². The van der Waals surface area contributed by atoms with Crippen molar-refractivity contribution in [3.05, 3.63) is 70.7 Å². The highest BCUT2D eigenvalue weighted by molar-refractivity contribution is 6.30. The SMILES string of the molecule is CC[C@H](C(=O)NC)N(Cc1ccccc1)C(=O)Cc1ccc(Cl)cc1. The topological polar surface area (TPSA) is 49.4 Å². The van der Waals surface area contributed by atoms with Crippen LogP contribution in [-0.4, -0.2) is 29.8 Å². The standard InChI is InChI=1S/C20H23ClN2O2/c1-3-18(20(25)22-2)23(14-16-7-5-4-6-8-16)19(24)13-15-9-11-17(21)12-10-15/h4-12,18H,3,13-14H2,1-2H3,(H,22,25)/t18-/m1/s1. The molecule has 2 aromatic carbocycles. The van der Waals surface area contributed by atoms with Gasteiger partial charge < -0.3 is 10.2 Å². The number of nitrogens with zero attached hydrogens (tertiary/aromatic N) is 1. The third-order valence-corrected chi connectivity index (χ3v) is 4.35. The highest BCUT2D eigenvalue weighted by Crippen LogP contribution is 2.16. The molecular formula is C20H23ClN2O2. The Bertz CT molecular complexity index is 701. The van der Waals surface area contributed by atoms with Crippen LogP contribution in [0.1, 0.15) is 24.5 Å². The fourth-order valence-corrected chi connectivity index (χ4v) is 2.87. The minimum Gasteiger partial charge on any atom is -0.357 e. The quantitative estimate of drug-likeness (QED) is 0.824. The summed E-state index contributed by atoms with van der Waals surface area (Å²) in [4.78, 5) is 26.8. The molecule has 0 saturated heterocycles. The molecule has 0 unspecified atom stereocenters. The van der Waals surface area contributed by atoms with Crippen LogP contribution in [0.5, 0.6) is 0 Å². The Morgan fingerprint density at radius 3 is 2.24 bits per heavy atom. The van der Waals surface area contributed by atoms with Crippen molar-refractivity contribution < 1.29 is 9.59 Å². The molecule has 1 atom stereocenters. The van der Waals surface area contributed by atoms with Crippen LogP contribution in [0.3, 0.4) is 0 Å². The molecule has 2 rings (SSSR count). The van der Waals surface area contributed by atoms with Gasteiger partial charge in [-0.15, -0.1) is 0 Å². The van der Waals surface area contributed by atoms with Crippen molar-refractivity contribution in [3.8, 4) is 0 Å². The summed E-state index contributed by atoms with van der Waals surface area (Å²) in [6.45, 7) is 2.31. The van der Waals surface area contributed by atoms with Crippen LogP contribution in [0.15, 0.2) is 54.6 Å². The first kappa shape index (κ1) is 19.0. The normalized spacial score (nSPS) is 11.6. The van der Waals surface area contributed by atoms with Crippen molar-refractivity contribution in [1.82, 2.24) is 10.2 Å². The number of hydrogen-bond acceptors (Lipinski definition) is 2. The summed E-state index contributed by atoms with van der Waals surface area (Å²) in [5, 5.41) is 3.29.